The molecule has 0 aliphatic rings. The number of rotatable bonds is 2. The van der Waals surface area contributed by atoms with Gasteiger partial charge in [0.2, 0.25) is 0 Å². The van der Waals surface area contributed by atoms with Crippen LogP contribution in [0.4, 0.5) is 13.2 Å². The van der Waals surface area contributed by atoms with Crippen LogP contribution in [0.5, 0.6) is 5.75 Å². The molecule has 1 N–H and O–H groups in total. The SMILES string of the molecule is Oc1cccc(SOC(F)(F)F)c1. The maximum atomic E-state index is 11.5. The monoisotopic (exact) mass is 210 g/mol. The minimum atomic E-state index is -4.67. The van der Waals surface area contributed by atoms with Crippen LogP contribution in [0.3, 0.4) is 0 Å². The zero-order chi connectivity index (χ0) is 9.90. The van der Waals surface area contributed by atoms with Gasteiger partial charge in [-0.1, -0.05) is 6.07 Å². The van der Waals surface area contributed by atoms with Crippen LogP contribution in [-0.4, -0.2) is 11.5 Å². The van der Waals surface area contributed by atoms with Gasteiger partial charge >= 0.3 is 6.36 Å². The summed E-state index contributed by atoms with van der Waals surface area (Å²) in [6.07, 6.45) is -4.67. The quantitative estimate of drug-likeness (QED) is 0.761. The molecule has 0 unspecified atom stereocenters. The Morgan fingerprint density at radius 3 is 2.54 bits per heavy atom. The second-order valence-corrected chi connectivity index (χ2v) is 2.91. The van der Waals surface area contributed by atoms with E-state index < -0.39 is 6.36 Å². The highest BCUT2D eigenvalue weighted by Gasteiger charge is 2.30. The molecule has 1 rings (SSSR count). The third kappa shape index (κ3) is 4.05. The van der Waals surface area contributed by atoms with Crippen molar-refractivity contribution in [1.82, 2.24) is 0 Å². The van der Waals surface area contributed by atoms with E-state index in [1.165, 1.54) is 24.3 Å². The lowest BCUT2D eigenvalue weighted by atomic mass is 10.3. The molecule has 1 aromatic rings. The molecular formula is C7H5F3O2S. The van der Waals surface area contributed by atoms with Crippen molar-refractivity contribution in [3.8, 4) is 5.75 Å². The number of benzene rings is 1. The first kappa shape index (κ1) is 10.2. The molecule has 0 aliphatic heterocycles. The van der Waals surface area contributed by atoms with E-state index in [9.17, 15) is 13.2 Å². The topological polar surface area (TPSA) is 29.5 Å². The van der Waals surface area contributed by atoms with E-state index in [0.29, 0.717) is 0 Å². The van der Waals surface area contributed by atoms with Gasteiger partial charge in [-0.3, -0.25) is 0 Å². The summed E-state index contributed by atoms with van der Waals surface area (Å²) in [7, 11) is 0. The summed E-state index contributed by atoms with van der Waals surface area (Å²) in [4.78, 5) is 0.192. The number of hydrogen-bond acceptors (Lipinski definition) is 3. The summed E-state index contributed by atoms with van der Waals surface area (Å²) < 4.78 is 38.1. The molecule has 0 aromatic heterocycles. The van der Waals surface area contributed by atoms with Crippen molar-refractivity contribution in [1.29, 1.82) is 0 Å². The van der Waals surface area contributed by atoms with Crippen LogP contribution in [0.15, 0.2) is 29.2 Å². The largest absolute Gasteiger partial charge is 0.533 e. The summed E-state index contributed by atoms with van der Waals surface area (Å²) in [5.74, 6) is -0.101. The molecule has 6 heteroatoms. The van der Waals surface area contributed by atoms with E-state index in [2.05, 4.69) is 4.18 Å². The van der Waals surface area contributed by atoms with E-state index in [4.69, 9.17) is 5.11 Å². The van der Waals surface area contributed by atoms with Gasteiger partial charge in [0.25, 0.3) is 0 Å². The van der Waals surface area contributed by atoms with E-state index in [1.54, 1.807) is 0 Å². The molecule has 0 fully saturated rings. The number of hydrogen-bond donors (Lipinski definition) is 1. The lowest BCUT2D eigenvalue weighted by Gasteiger charge is -2.05. The molecular weight excluding hydrogens is 205 g/mol. The zero-order valence-corrected chi connectivity index (χ0v) is 7.02. The highest BCUT2D eigenvalue weighted by molar-refractivity contribution is 7.94. The Labute approximate surface area is 76.5 Å². The summed E-state index contributed by atoms with van der Waals surface area (Å²) >= 11 is 0.157. The Balaban J connectivity index is 2.55. The highest BCUT2D eigenvalue weighted by atomic mass is 32.2. The molecule has 0 spiro atoms. The number of alkyl halides is 3. The molecule has 0 saturated heterocycles. The third-order valence-electron chi connectivity index (χ3n) is 1.05. The van der Waals surface area contributed by atoms with Crippen LogP contribution in [0.1, 0.15) is 0 Å². The second-order valence-electron chi connectivity index (χ2n) is 2.11. The Morgan fingerprint density at radius 2 is 2.00 bits per heavy atom. The molecule has 0 bridgehead atoms. The molecule has 72 valence electrons. The fourth-order valence-corrected chi connectivity index (χ4v) is 1.12. The first-order chi connectivity index (χ1) is 5.97. The molecule has 13 heavy (non-hydrogen) atoms. The van der Waals surface area contributed by atoms with E-state index >= 15 is 0 Å². The minimum Gasteiger partial charge on any atom is -0.508 e. The predicted octanol–water partition coefficient (Wildman–Crippen LogP) is 2.94. The number of aromatic hydroxyl groups is 1. The van der Waals surface area contributed by atoms with Crippen molar-refractivity contribution in [2.24, 2.45) is 0 Å². The van der Waals surface area contributed by atoms with Crippen LogP contribution in [0.25, 0.3) is 0 Å². The van der Waals surface area contributed by atoms with Crippen LogP contribution in [0.2, 0.25) is 0 Å². The Kier molecular flexibility index (Phi) is 3.05. The molecule has 0 aliphatic carbocycles. The fraction of sp³-hybridized carbons (Fsp3) is 0.143. The third-order valence-corrected chi connectivity index (χ3v) is 1.77. The number of phenols is 1. The van der Waals surface area contributed by atoms with Gasteiger partial charge in [0.15, 0.2) is 0 Å². The minimum absolute atomic E-state index is 0.101. The average molecular weight is 210 g/mol. The van der Waals surface area contributed by atoms with Crippen molar-refractivity contribution >= 4 is 12.0 Å². The van der Waals surface area contributed by atoms with Crippen LogP contribution < -0.4 is 0 Å². The maximum Gasteiger partial charge on any atom is 0.533 e. The van der Waals surface area contributed by atoms with Gasteiger partial charge in [0.05, 0.1) is 0 Å². The first-order valence-corrected chi connectivity index (χ1v) is 3.93. The Hall–Kier alpha value is -0.880. The Bertz CT molecular complexity index is 287. The van der Waals surface area contributed by atoms with Crippen LogP contribution in [-0.2, 0) is 4.18 Å². The van der Waals surface area contributed by atoms with Crippen molar-refractivity contribution in [3.63, 3.8) is 0 Å². The molecule has 0 amide bonds. The maximum absolute atomic E-state index is 11.5. The lowest BCUT2D eigenvalue weighted by molar-refractivity contribution is -0.266. The normalized spacial score (nSPS) is 11.6. The number of halogens is 3. The predicted molar refractivity (Wildman–Crippen MR) is 41.1 cm³/mol. The smallest absolute Gasteiger partial charge is 0.508 e. The summed E-state index contributed by atoms with van der Waals surface area (Å²) in [5.41, 5.74) is 0. The van der Waals surface area contributed by atoms with Crippen molar-refractivity contribution < 1.29 is 22.5 Å². The molecule has 0 heterocycles. The molecule has 0 saturated carbocycles. The molecule has 0 atom stereocenters. The molecule has 2 nitrogen and oxygen atoms in total. The average Bonchev–Trinajstić information content (AvgIpc) is 2.00. The summed E-state index contributed by atoms with van der Waals surface area (Å²) in [6.45, 7) is 0. The van der Waals surface area contributed by atoms with Gasteiger partial charge < -0.3 is 5.11 Å². The van der Waals surface area contributed by atoms with Crippen molar-refractivity contribution in [3.05, 3.63) is 24.3 Å². The number of phenolic OH excluding ortho intramolecular Hbond substituents is 1. The molecule has 1 aromatic carbocycles. The standard InChI is InChI=1S/C7H5F3O2S/c8-7(9,10)12-13-6-3-1-2-5(11)4-6/h1-4,11H. The summed E-state index contributed by atoms with van der Waals surface area (Å²) in [5, 5.41) is 8.89. The highest BCUT2D eigenvalue weighted by Crippen LogP contribution is 2.30. The van der Waals surface area contributed by atoms with Gasteiger partial charge in [-0.25, -0.2) is 4.18 Å². The first-order valence-electron chi connectivity index (χ1n) is 3.19. The fourth-order valence-electron chi connectivity index (χ4n) is 0.631. The summed E-state index contributed by atoms with van der Waals surface area (Å²) in [6, 6.07) is 5.36. The van der Waals surface area contributed by atoms with Gasteiger partial charge in [-0.2, -0.15) is 0 Å². The van der Waals surface area contributed by atoms with Gasteiger partial charge in [-0.15, -0.1) is 13.2 Å². The van der Waals surface area contributed by atoms with E-state index in [1.807, 2.05) is 0 Å². The van der Waals surface area contributed by atoms with Crippen molar-refractivity contribution in [2.45, 2.75) is 11.3 Å². The zero-order valence-electron chi connectivity index (χ0n) is 6.21. The molecule has 0 radical (unpaired) electrons. The lowest BCUT2D eigenvalue weighted by Crippen LogP contribution is -2.07. The van der Waals surface area contributed by atoms with Gasteiger partial charge in [-0.05, 0) is 18.2 Å². The van der Waals surface area contributed by atoms with Crippen molar-refractivity contribution in [2.75, 3.05) is 0 Å². The second kappa shape index (κ2) is 3.89. The Morgan fingerprint density at radius 1 is 1.31 bits per heavy atom. The van der Waals surface area contributed by atoms with E-state index in [-0.39, 0.29) is 22.7 Å². The van der Waals surface area contributed by atoms with Gasteiger partial charge in [0.1, 0.15) is 5.75 Å². The van der Waals surface area contributed by atoms with E-state index in [0.717, 1.165) is 0 Å². The van der Waals surface area contributed by atoms with Crippen LogP contribution in [0, 0.1) is 0 Å². The van der Waals surface area contributed by atoms with Crippen LogP contribution >= 0.6 is 12.0 Å². The van der Waals surface area contributed by atoms with Gasteiger partial charge in [0, 0.05) is 16.9 Å².